The summed E-state index contributed by atoms with van der Waals surface area (Å²) in [6, 6.07) is 16.8. The summed E-state index contributed by atoms with van der Waals surface area (Å²) in [7, 11) is 0. The third kappa shape index (κ3) is 3.22. The van der Waals surface area contributed by atoms with Crippen LogP contribution in [0.15, 0.2) is 48.5 Å². The van der Waals surface area contributed by atoms with Gasteiger partial charge in [-0.1, -0.05) is 42.0 Å². The molecule has 0 unspecified atom stereocenters. The van der Waals surface area contributed by atoms with Crippen LogP contribution in [0.3, 0.4) is 0 Å². The van der Waals surface area contributed by atoms with Gasteiger partial charge in [0.05, 0.1) is 12.0 Å². The highest BCUT2D eigenvalue weighted by Crippen LogP contribution is 2.65. The Morgan fingerprint density at radius 2 is 1.71 bits per heavy atom. The molecule has 0 radical (unpaired) electrons. The van der Waals surface area contributed by atoms with Crippen molar-refractivity contribution in [2.24, 2.45) is 17.3 Å². The highest BCUT2D eigenvalue weighted by molar-refractivity contribution is 5.83. The monoisotopic (exact) mass is 417 g/mol. The SMILES string of the molecule is Cc1ccc(C23C[C@H]4C[C@@H](CC(C(=O)NC[C@H]5COc6ccccc6O5)(C4)C2)C3)cc1. The smallest absolute Gasteiger partial charge is 0.226 e. The summed E-state index contributed by atoms with van der Waals surface area (Å²) in [5, 5.41) is 3.27. The molecule has 0 saturated heterocycles. The number of carbonyl (C=O) groups is 1. The lowest BCUT2D eigenvalue weighted by molar-refractivity contribution is -0.149. The van der Waals surface area contributed by atoms with E-state index in [1.807, 2.05) is 24.3 Å². The summed E-state index contributed by atoms with van der Waals surface area (Å²) < 4.78 is 11.9. The van der Waals surface area contributed by atoms with Crippen molar-refractivity contribution in [2.75, 3.05) is 13.2 Å². The number of fused-ring (bicyclic) bond motifs is 1. The first kappa shape index (κ1) is 19.2. The number of amides is 1. The van der Waals surface area contributed by atoms with Gasteiger partial charge in [0, 0.05) is 0 Å². The second-order valence-electron chi connectivity index (χ2n) is 10.6. The third-order valence-corrected chi connectivity index (χ3v) is 8.26. The van der Waals surface area contributed by atoms with Crippen LogP contribution in [0.25, 0.3) is 0 Å². The summed E-state index contributed by atoms with van der Waals surface area (Å²) >= 11 is 0. The molecule has 4 saturated carbocycles. The second kappa shape index (κ2) is 7.01. The summed E-state index contributed by atoms with van der Waals surface area (Å²) in [5.74, 6) is 3.14. The van der Waals surface area contributed by atoms with Crippen LogP contribution in [0.1, 0.15) is 49.7 Å². The molecule has 3 atom stereocenters. The highest BCUT2D eigenvalue weighted by Gasteiger charge is 2.60. The first-order chi connectivity index (χ1) is 15.0. The minimum Gasteiger partial charge on any atom is -0.486 e. The van der Waals surface area contributed by atoms with Gasteiger partial charge in [0.1, 0.15) is 12.7 Å². The van der Waals surface area contributed by atoms with E-state index in [4.69, 9.17) is 9.47 Å². The van der Waals surface area contributed by atoms with Gasteiger partial charge in [-0.3, -0.25) is 4.79 Å². The van der Waals surface area contributed by atoms with Crippen molar-refractivity contribution >= 4 is 5.91 Å². The van der Waals surface area contributed by atoms with Crippen LogP contribution in [-0.4, -0.2) is 25.2 Å². The molecule has 4 bridgehead atoms. The Morgan fingerprint density at radius 1 is 1.00 bits per heavy atom. The summed E-state index contributed by atoms with van der Waals surface area (Å²) in [4.78, 5) is 13.6. The zero-order valence-electron chi connectivity index (χ0n) is 18.2. The van der Waals surface area contributed by atoms with Crippen molar-refractivity contribution in [1.82, 2.24) is 5.32 Å². The maximum atomic E-state index is 13.6. The van der Waals surface area contributed by atoms with Crippen LogP contribution in [-0.2, 0) is 10.2 Å². The van der Waals surface area contributed by atoms with E-state index in [1.54, 1.807) is 0 Å². The van der Waals surface area contributed by atoms with Crippen molar-refractivity contribution in [1.29, 1.82) is 0 Å². The number of carbonyl (C=O) groups excluding carboxylic acids is 1. The lowest BCUT2D eigenvalue weighted by Gasteiger charge is -2.61. The topological polar surface area (TPSA) is 47.6 Å². The largest absolute Gasteiger partial charge is 0.486 e. The number of aryl methyl sites for hydroxylation is 1. The lowest BCUT2D eigenvalue weighted by Crippen LogP contribution is -2.59. The number of hydrogen-bond donors (Lipinski definition) is 1. The molecule has 4 fully saturated rings. The zero-order valence-corrected chi connectivity index (χ0v) is 18.2. The molecule has 4 aliphatic carbocycles. The molecule has 4 heteroatoms. The van der Waals surface area contributed by atoms with Crippen molar-refractivity contribution < 1.29 is 14.3 Å². The molecule has 2 aromatic rings. The number of hydrogen-bond acceptors (Lipinski definition) is 3. The molecule has 7 rings (SSSR count). The Labute approximate surface area is 184 Å². The molecule has 0 spiro atoms. The van der Waals surface area contributed by atoms with E-state index in [0.717, 1.165) is 30.8 Å². The Bertz CT molecular complexity index is 984. The van der Waals surface area contributed by atoms with E-state index in [9.17, 15) is 4.79 Å². The summed E-state index contributed by atoms with van der Waals surface area (Å²) in [5.41, 5.74) is 2.71. The van der Waals surface area contributed by atoms with Crippen molar-refractivity contribution in [2.45, 2.75) is 57.0 Å². The van der Waals surface area contributed by atoms with Crippen LogP contribution >= 0.6 is 0 Å². The normalized spacial score (nSPS) is 35.1. The number of ether oxygens (including phenoxy) is 2. The molecule has 1 N–H and O–H groups in total. The number of nitrogens with one attached hydrogen (secondary N) is 1. The van der Waals surface area contributed by atoms with Gasteiger partial charge in [0.25, 0.3) is 0 Å². The van der Waals surface area contributed by atoms with Gasteiger partial charge in [0.15, 0.2) is 11.5 Å². The average Bonchev–Trinajstić information content (AvgIpc) is 2.77. The Hall–Kier alpha value is -2.49. The molecule has 1 heterocycles. The van der Waals surface area contributed by atoms with E-state index in [2.05, 4.69) is 36.5 Å². The second-order valence-corrected chi connectivity index (χ2v) is 10.6. The predicted octanol–water partition coefficient (Wildman–Crippen LogP) is 4.79. The molecule has 2 aromatic carbocycles. The van der Waals surface area contributed by atoms with E-state index < -0.39 is 0 Å². The fourth-order valence-electron chi connectivity index (χ4n) is 7.33. The predicted molar refractivity (Wildman–Crippen MR) is 119 cm³/mol. The molecule has 5 aliphatic rings. The quantitative estimate of drug-likeness (QED) is 0.778. The zero-order chi connectivity index (χ0) is 21.1. The maximum Gasteiger partial charge on any atom is 0.226 e. The summed E-state index contributed by atoms with van der Waals surface area (Å²) in [6.45, 7) is 3.12. The number of rotatable bonds is 4. The molecular formula is C27H31NO3. The van der Waals surface area contributed by atoms with Crippen LogP contribution in [0, 0.1) is 24.2 Å². The van der Waals surface area contributed by atoms with Gasteiger partial charge >= 0.3 is 0 Å². The average molecular weight is 418 g/mol. The van der Waals surface area contributed by atoms with Gasteiger partial charge in [0.2, 0.25) is 5.91 Å². The van der Waals surface area contributed by atoms with Crippen molar-refractivity contribution in [3.05, 3.63) is 59.7 Å². The van der Waals surface area contributed by atoms with Crippen molar-refractivity contribution in [3.8, 4) is 11.5 Å². The maximum absolute atomic E-state index is 13.6. The van der Waals surface area contributed by atoms with Gasteiger partial charge in [-0.2, -0.15) is 0 Å². The van der Waals surface area contributed by atoms with Crippen LogP contribution < -0.4 is 14.8 Å². The van der Waals surface area contributed by atoms with E-state index in [-0.39, 0.29) is 22.8 Å². The third-order valence-electron chi connectivity index (χ3n) is 8.26. The summed E-state index contributed by atoms with van der Waals surface area (Å²) in [6.07, 6.45) is 6.75. The van der Waals surface area contributed by atoms with Crippen molar-refractivity contribution in [3.63, 3.8) is 0 Å². The Kier molecular flexibility index (Phi) is 4.35. The minimum atomic E-state index is -0.220. The molecule has 0 aromatic heterocycles. The molecule has 4 nitrogen and oxygen atoms in total. The highest BCUT2D eigenvalue weighted by atomic mass is 16.6. The molecular weight excluding hydrogens is 386 g/mol. The Balaban J connectivity index is 1.19. The molecule has 31 heavy (non-hydrogen) atoms. The van der Waals surface area contributed by atoms with E-state index in [1.165, 1.54) is 30.4 Å². The van der Waals surface area contributed by atoms with E-state index >= 15 is 0 Å². The number of para-hydroxylation sites is 2. The number of benzene rings is 2. The first-order valence-corrected chi connectivity index (χ1v) is 11.8. The Morgan fingerprint density at radius 3 is 2.45 bits per heavy atom. The van der Waals surface area contributed by atoms with Gasteiger partial charge < -0.3 is 14.8 Å². The molecule has 1 amide bonds. The van der Waals surface area contributed by atoms with Crippen LogP contribution in [0.4, 0.5) is 0 Å². The lowest BCUT2D eigenvalue weighted by atomic mass is 9.42. The van der Waals surface area contributed by atoms with Gasteiger partial charge in [-0.05, 0) is 80.4 Å². The standard InChI is InChI=1S/C27H31NO3/c1-18-6-8-21(9-7-18)26-11-19-10-20(12-26)14-27(13-19,17-26)25(29)28-15-22-16-30-23-4-2-3-5-24(23)31-22/h2-9,19-20,22H,10-17H2,1H3,(H,28,29)/t19-,20-,22+,26?,27?/m1/s1. The fourth-order valence-corrected chi connectivity index (χ4v) is 7.33. The molecule has 162 valence electrons. The first-order valence-electron chi connectivity index (χ1n) is 11.8. The fraction of sp³-hybridized carbons (Fsp3) is 0.519. The van der Waals surface area contributed by atoms with Crippen LogP contribution in [0.2, 0.25) is 0 Å². The van der Waals surface area contributed by atoms with Gasteiger partial charge in [-0.25, -0.2) is 0 Å². The minimum absolute atomic E-state index is 0.140. The van der Waals surface area contributed by atoms with E-state index in [0.29, 0.717) is 25.0 Å². The molecule has 1 aliphatic heterocycles. The van der Waals surface area contributed by atoms with Crippen LogP contribution in [0.5, 0.6) is 11.5 Å². The van der Waals surface area contributed by atoms with Gasteiger partial charge in [-0.15, -0.1) is 0 Å².